The van der Waals surface area contributed by atoms with E-state index in [1.54, 1.807) is 12.1 Å². The van der Waals surface area contributed by atoms with Crippen LogP contribution in [0, 0.1) is 5.82 Å². The second kappa shape index (κ2) is 8.20. The summed E-state index contributed by atoms with van der Waals surface area (Å²) in [6, 6.07) is 16.8. The van der Waals surface area contributed by atoms with Crippen LogP contribution < -0.4 is 9.47 Å². The number of benzene rings is 2. The number of furan rings is 1. The van der Waals surface area contributed by atoms with Gasteiger partial charge in [0.1, 0.15) is 24.7 Å². The fourth-order valence-corrected chi connectivity index (χ4v) is 2.26. The number of methoxy groups -OCH3 is 1. The van der Waals surface area contributed by atoms with E-state index in [-0.39, 0.29) is 24.7 Å². The highest BCUT2D eigenvalue weighted by atomic mass is 19.1. The zero-order chi connectivity index (χ0) is 18.4. The molecule has 0 amide bonds. The predicted octanol–water partition coefficient (Wildman–Crippen LogP) is 4.36. The smallest absolute Gasteiger partial charge is 0.374 e. The summed E-state index contributed by atoms with van der Waals surface area (Å²) < 4.78 is 34.6. The lowest BCUT2D eigenvalue weighted by atomic mass is 10.2. The van der Waals surface area contributed by atoms with Crippen LogP contribution in [0.2, 0.25) is 0 Å². The highest BCUT2D eigenvalue weighted by Crippen LogP contribution is 2.19. The fraction of sp³-hybridized carbons (Fsp3) is 0.150. The van der Waals surface area contributed by atoms with Crippen molar-refractivity contribution in [3.8, 4) is 11.5 Å². The lowest BCUT2D eigenvalue weighted by Crippen LogP contribution is -2.04. The molecule has 134 valence electrons. The van der Waals surface area contributed by atoms with Crippen LogP contribution in [0.4, 0.5) is 4.39 Å². The summed E-state index contributed by atoms with van der Waals surface area (Å²) in [6.07, 6.45) is 0. The number of carbonyl (C=O) groups is 1. The number of carbonyl (C=O) groups excluding carboxylic acids is 1. The minimum Gasteiger partial charge on any atom is -0.494 e. The molecule has 2 aromatic carbocycles. The van der Waals surface area contributed by atoms with Gasteiger partial charge in [0.05, 0.1) is 7.11 Å². The Bertz CT molecular complexity index is 873. The molecule has 3 aromatic rings. The van der Waals surface area contributed by atoms with Crippen molar-refractivity contribution >= 4 is 5.97 Å². The summed E-state index contributed by atoms with van der Waals surface area (Å²) >= 11 is 0. The van der Waals surface area contributed by atoms with Crippen molar-refractivity contribution in [2.75, 3.05) is 7.11 Å². The minimum atomic E-state index is -0.632. The molecule has 1 heterocycles. The van der Waals surface area contributed by atoms with Gasteiger partial charge in [-0.25, -0.2) is 9.18 Å². The molecule has 0 saturated heterocycles. The Balaban J connectivity index is 1.53. The first-order chi connectivity index (χ1) is 12.7. The van der Waals surface area contributed by atoms with Crippen molar-refractivity contribution in [2.24, 2.45) is 0 Å². The first kappa shape index (κ1) is 17.5. The number of hydrogen-bond acceptors (Lipinski definition) is 5. The number of esters is 1. The molecular formula is C20H17FO5. The van der Waals surface area contributed by atoms with Crippen LogP contribution in [0.25, 0.3) is 0 Å². The number of para-hydroxylation sites is 1. The predicted molar refractivity (Wildman–Crippen MR) is 91.6 cm³/mol. The maximum absolute atomic E-state index is 13.6. The van der Waals surface area contributed by atoms with Gasteiger partial charge >= 0.3 is 5.97 Å². The molecule has 0 aliphatic carbocycles. The molecule has 6 heteroatoms. The molecule has 0 spiro atoms. The van der Waals surface area contributed by atoms with Gasteiger partial charge in [-0.2, -0.15) is 0 Å². The van der Waals surface area contributed by atoms with E-state index in [2.05, 4.69) is 0 Å². The third kappa shape index (κ3) is 4.42. The Hall–Kier alpha value is -3.28. The second-order valence-electron chi connectivity index (χ2n) is 5.41. The molecular weight excluding hydrogens is 339 g/mol. The van der Waals surface area contributed by atoms with Crippen molar-refractivity contribution in [1.29, 1.82) is 0 Å². The van der Waals surface area contributed by atoms with Gasteiger partial charge in [-0.05, 0) is 42.0 Å². The molecule has 5 nitrogen and oxygen atoms in total. The largest absolute Gasteiger partial charge is 0.494 e. The molecule has 0 saturated carbocycles. The summed E-state index contributed by atoms with van der Waals surface area (Å²) in [6.45, 7) is 0.122. The van der Waals surface area contributed by atoms with Gasteiger partial charge in [-0.15, -0.1) is 0 Å². The molecule has 0 bridgehead atoms. The van der Waals surface area contributed by atoms with E-state index in [0.29, 0.717) is 17.1 Å². The van der Waals surface area contributed by atoms with Crippen LogP contribution in [0.1, 0.15) is 21.9 Å². The van der Waals surface area contributed by atoms with E-state index in [0.717, 1.165) is 0 Å². The highest BCUT2D eigenvalue weighted by Gasteiger charge is 2.14. The van der Waals surface area contributed by atoms with E-state index in [1.807, 2.05) is 30.3 Å². The van der Waals surface area contributed by atoms with Gasteiger partial charge in [-0.3, -0.25) is 0 Å². The summed E-state index contributed by atoms with van der Waals surface area (Å²) in [5, 5.41) is 0. The summed E-state index contributed by atoms with van der Waals surface area (Å²) in [5.41, 5.74) is 0.510. The first-order valence-electron chi connectivity index (χ1n) is 7.92. The highest BCUT2D eigenvalue weighted by molar-refractivity contribution is 5.86. The molecule has 3 rings (SSSR count). The molecule has 1 aromatic heterocycles. The Morgan fingerprint density at radius 1 is 1.04 bits per heavy atom. The Morgan fingerprint density at radius 2 is 1.85 bits per heavy atom. The standard InChI is InChI=1S/C20H17FO5/c1-23-18-9-7-14(11-17(18)21)12-25-20(22)19-10-8-16(26-19)13-24-15-5-3-2-4-6-15/h2-11H,12-13H2,1H3. The van der Waals surface area contributed by atoms with E-state index >= 15 is 0 Å². The van der Waals surface area contributed by atoms with Gasteiger partial charge in [0.15, 0.2) is 11.6 Å². The fourth-order valence-electron chi connectivity index (χ4n) is 2.26. The topological polar surface area (TPSA) is 57.9 Å². The SMILES string of the molecule is COc1ccc(COC(=O)c2ccc(COc3ccccc3)o2)cc1F. The van der Waals surface area contributed by atoms with Gasteiger partial charge in [0.2, 0.25) is 5.76 Å². The van der Waals surface area contributed by atoms with E-state index < -0.39 is 11.8 Å². The molecule has 26 heavy (non-hydrogen) atoms. The van der Waals surface area contributed by atoms with Crippen LogP contribution in [0.3, 0.4) is 0 Å². The molecule has 0 atom stereocenters. The van der Waals surface area contributed by atoms with Crippen LogP contribution in [0.15, 0.2) is 65.1 Å². The summed E-state index contributed by atoms with van der Waals surface area (Å²) in [4.78, 5) is 12.0. The van der Waals surface area contributed by atoms with Crippen molar-refractivity contribution in [2.45, 2.75) is 13.2 Å². The van der Waals surface area contributed by atoms with Crippen LogP contribution in [0.5, 0.6) is 11.5 Å². The molecule has 0 aliphatic rings. The zero-order valence-corrected chi connectivity index (χ0v) is 14.1. The second-order valence-corrected chi connectivity index (χ2v) is 5.41. The van der Waals surface area contributed by atoms with Gasteiger partial charge < -0.3 is 18.6 Å². The van der Waals surface area contributed by atoms with Crippen LogP contribution >= 0.6 is 0 Å². The number of ether oxygens (including phenoxy) is 3. The van der Waals surface area contributed by atoms with E-state index in [9.17, 15) is 9.18 Å². The Morgan fingerprint density at radius 3 is 2.58 bits per heavy atom. The third-order valence-corrected chi connectivity index (χ3v) is 3.57. The van der Waals surface area contributed by atoms with Crippen molar-refractivity contribution < 1.29 is 27.8 Å². The molecule has 0 aliphatic heterocycles. The summed E-state index contributed by atoms with van der Waals surface area (Å²) in [7, 11) is 1.38. The van der Waals surface area contributed by atoms with Gasteiger partial charge in [0.25, 0.3) is 0 Å². The Labute approximate surface area is 149 Å². The van der Waals surface area contributed by atoms with Crippen molar-refractivity contribution in [1.82, 2.24) is 0 Å². The lowest BCUT2D eigenvalue weighted by Gasteiger charge is -2.06. The van der Waals surface area contributed by atoms with E-state index in [1.165, 1.54) is 25.3 Å². The van der Waals surface area contributed by atoms with Crippen LogP contribution in [-0.4, -0.2) is 13.1 Å². The number of halogens is 1. The van der Waals surface area contributed by atoms with Gasteiger partial charge in [0, 0.05) is 0 Å². The number of rotatable bonds is 7. The van der Waals surface area contributed by atoms with E-state index in [4.69, 9.17) is 18.6 Å². The Kier molecular flexibility index (Phi) is 5.53. The molecule has 0 radical (unpaired) electrons. The molecule has 0 N–H and O–H groups in total. The minimum absolute atomic E-state index is 0.0608. The molecule has 0 unspecified atom stereocenters. The summed E-state index contributed by atoms with van der Waals surface area (Å²) in [5.74, 6) is 0.247. The number of hydrogen-bond donors (Lipinski definition) is 0. The quantitative estimate of drug-likeness (QED) is 0.589. The maximum Gasteiger partial charge on any atom is 0.374 e. The van der Waals surface area contributed by atoms with Gasteiger partial charge in [-0.1, -0.05) is 24.3 Å². The van der Waals surface area contributed by atoms with Crippen LogP contribution in [-0.2, 0) is 18.0 Å². The lowest BCUT2D eigenvalue weighted by molar-refractivity contribution is 0.0431. The molecule has 0 fully saturated rings. The zero-order valence-electron chi connectivity index (χ0n) is 14.1. The maximum atomic E-state index is 13.6. The monoisotopic (exact) mass is 356 g/mol. The normalized spacial score (nSPS) is 10.4. The third-order valence-electron chi connectivity index (χ3n) is 3.57. The first-order valence-corrected chi connectivity index (χ1v) is 7.92. The average molecular weight is 356 g/mol. The van der Waals surface area contributed by atoms with Crippen molar-refractivity contribution in [3.05, 3.63) is 83.6 Å². The van der Waals surface area contributed by atoms with Crippen molar-refractivity contribution in [3.63, 3.8) is 0 Å². The average Bonchev–Trinajstić information content (AvgIpc) is 3.14.